The summed E-state index contributed by atoms with van der Waals surface area (Å²) < 4.78 is 4.72. The number of benzene rings is 1. The first-order valence-corrected chi connectivity index (χ1v) is 3.20. The van der Waals surface area contributed by atoms with Gasteiger partial charge in [0.1, 0.15) is 18.9 Å². The van der Waals surface area contributed by atoms with Gasteiger partial charge in [-0.2, -0.15) is 5.26 Å². The topological polar surface area (TPSA) is 33.0 Å². The standard InChI is InChI=1S/C9H8NO/c1-7-3-4-9(11-2)8(5-7)6-10/h3-5H,2H2,1H3. The molecule has 0 saturated heterocycles. The van der Waals surface area contributed by atoms with Gasteiger partial charge in [0.15, 0.2) is 0 Å². The maximum absolute atomic E-state index is 8.62. The molecule has 55 valence electrons. The van der Waals surface area contributed by atoms with Crippen molar-refractivity contribution >= 4 is 0 Å². The Hall–Kier alpha value is -1.49. The van der Waals surface area contributed by atoms with Crippen molar-refractivity contribution in [3.8, 4) is 11.8 Å². The summed E-state index contributed by atoms with van der Waals surface area (Å²) in [6, 6.07) is 7.40. The van der Waals surface area contributed by atoms with E-state index in [4.69, 9.17) is 10.00 Å². The molecule has 0 aliphatic rings. The molecule has 2 nitrogen and oxygen atoms in total. The molecule has 0 bridgehead atoms. The van der Waals surface area contributed by atoms with Crippen LogP contribution in [-0.2, 0) is 0 Å². The van der Waals surface area contributed by atoms with Gasteiger partial charge in [-0.25, -0.2) is 0 Å². The smallest absolute Gasteiger partial charge is 0.137 e. The first-order chi connectivity index (χ1) is 5.27. The Morgan fingerprint density at radius 1 is 1.55 bits per heavy atom. The first-order valence-electron chi connectivity index (χ1n) is 3.20. The highest BCUT2D eigenvalue weighted by Crippen LogP contribution is 2.18. The van der Waals surface area contributed by atoms with Crippen molar-refractivity contribution in [2.24, 2.45) is 0 Å². The third kappa shape index (κ3) is 1.50. The van der Waals surface area contributed by atoms with Crippen molar-refractivity contribution in [2.45, 2.75) is 6.92 Å². The highest BCUT2D eigenvalue weighted by atomic mass is 16.5. The van der Waals surface area contributed by atoms with Crippen molar-refractivity contribution in [3.63, 3.8) is 0 Å². The SMILES string of the molecule is [CH2]Oc1ccc(C)cc1C#N. The van der Waals surface area contributed by atoms with Gasteiger partial charge >= 0.3 is 0 Å². The zero-order chi connectivity index (χ0) is 8.27. The molecule has 0 atom stereocenters. The Balaban J connectivity index is 3.19. The van der Waals surface area contributed by atoms with Crippen LogP contribution in [0.5, 0.6) is 5.75 Å². The lowest BCUT2D eigenvalue weighted by Gasteiger charge is -2.01. The molecule has 1 radical (unpaired) electrons. The zero-order valence-corrected chi connectivity index (χ0v) is 6.29. The second-order valence-corrected chi connectivity index (χ2v) is 2.26. The van der Waals surface area contributed by atoms with Crippen LogP contribution < -0.4 is 4.74 Å². The molecular formula is C9H8NO. The molecule has 1 rings (SSSR count). The molecule has 0 amide bonds. The second kappa shape index (κ2) is 3.07. The monoisotopic (exact) mass is 146 g/mol. The number of rotatable bonds is 1. The number of ether oxygens (including phenoxy) is 1. The van der Waals surface area contributed by atoms with Crippen molar-refractivity contribution in [2.75, 3.05) is 0 Å². The summed E-state index contributed by atoms with van der Waals surface area (Å²) in [5.74, 6) is 0.526. The average molecular weight is 146 g/mol. The van der Waals surface area contributed by atoms with E-state index in [1.54, 1.807) is 12.1 Å². The van der Waals surface area contributed by atoms with Crippen molar-refractivity contribution < 1.29 is 4.74 Å². The van der Waals surface area contributed by atoms with E-state index in [9.17, 15) is 0 Å². The van der Waals surface area contributed by atoms with Crippen molar-refractivity contribution in [3.05, 3.63) is 36.4 Å². The van der Waals surface area contributed by atoms with Crippen LogP contribution in [-0.4, -0.2) is 0 Å². The summed E-state index contributed by atoms with van der Waals surface area (Å²) in [5.41, 5.74) is 1.57. The van der Waals surface area contributed by atoms with Crippen LogP contribution in [0.15, 0.2) is 18.2 Å². The number of nitriles is 1. The minimum Gasteiger partial charge on any atom is -0.489 e. The van der Waals surface area contributed by atoms with E-state index in [1.165, 1.54) is 0 Å². The van der Waals surface area contributed by atoms with Crippen LogP contribution in [0.1, 0.15) is 11.1 Å². The second-order valence-electron chi connectivity index (χ2n) is 2.26. The van der Waals surface area contributed by atoms with Gasteiger partial charge in [-0.05, 0) is 24.6 Å². The van der Waals surface area contributed by atoms with Crippen LogP contribution in [0.3, 0.4) is 0 Å². The Bertz CT molecular complexity index is 299. The summed E-state index contributed by atoms with van der Waals surface area (Å²) in [6.45, 7) is 1.92. The van der Waals surface area contributed by atoms with Crippen LogP contribution in [0.4, 0.5) is 0 Å². The molecule has 0 heterocycles. The normalized spacial score (nSPS) is 8.82. The predicted molar refractivity (Wildman–Crippen MR) is 41.9 cm³/mol. The van der Waals surface area contributed by atoms with Crippen LogP contribution in [0.2, 0.25) is 0 Å². The van der Waals surface area contributed by atoms with Crippen LogP contribution >= 0.6 is 0 Å². The fourth-order valence-corrected chi connectivity index (χ4v) is 0.857. The van der Waals surface area contributed by atoms with Gasteiger partial charge in [0.25, 0.3) is 0 Å². The lowest BCUT2D eigenvalue weighted by molar-refractivity contribution is 0.471. The van der Waals surface area contributed by atoms with Crippen LogP contribution in [0.25, 0.3) is 0 Å². The third-order valence-electron chi connectivity index (χ3n) is 1.41. The van der Waals surface area contributed by atoms with E-state index in [2.05, 4.69) is 7.11 Å². The Morgan fingerprint density at radius 3 is 2.82 bits per heavy atom. The first kappa shape index (κ1) is 7.62. The van der Waals surface area contributed by atoms with E-state index in [0.717, 1.165) is 5.56 Å². The fraction of sp³-hybridized carbons (Fsp3) is 0.111. The molecule has 0 fully saturated rings. The molecule has 1 aromatic carbocycles. The zero-order valence-electron chi connectivity index (χ0n) is 6.29. The van der Waals surface area contributed by atoms with Gasteiger partial charge < -0.3 is 4.74 Å². The molecule has 0 saturated carbocycles. The van der Waals surface area contributed by atoms with Gasteiger partial charge in [-0.1, -0.05) is 6.07 Å². The van der Waals surface area contributed by atoms with E-state index >= 15 is 0 Å². The summed E-state index contributed by atoms with van der Waals surface area (Å²) in [7, 11) is 3.24. The van der Waals surface area contributed by atoms with Gasteiger partial charge in [-0.15, -0.1) is 0 Å². The van der Waals surface area contributed by atoms with Gasteiger partial charge in [0.05, 0.1) is 5.56 Å². The maximum Gasteiger partial charge on any atom is 0.137 e. The summed E-state index contributed by atoms with van der Waals surface area (Å²) in [4.78, 5) is 0. The summed E-state index contributed by atoms with van der Waals surface area (Å²) >= 11 is 0. The molecular weight excluding hydrogens is 138 g/mol. The quantitative estimate of drug-likeness (QED) is 0.607. The fourth-order valence-electron chi connectivity index (χ4n) is 0.857. The molecule has 0 spiro atoms. The Kier molecular flexibility index (Phi) is 2.12. The number of aryl methyl sites for hydroxylation is 1. The average Bonchev–Trinajstić information content (AvgIpc) is 2.04. The van der Waals surface area contributed by atoms with Gasteiger partial charge in [-0.3, -0.25) is 0 Å². The van der Waals surface area contributed by atoms with E-state index < -0.39 is 0 Å². The van der Waals surface area contributed by atoms with Crippen molar-refractivity contribution in [1.82, 2.24) is 0 Å². The predicted octanol–water partition coefficient (Wildman–Crippen LogP) is 2.04. The highest BCUT2D eigenvalue weighted by molar-refractivity contribution is 5.45. The third-order valence-corrected chi connectivity index (χ3v) is 1.41. The van der Waals surface area contributed by atoms with E-state index in [-0.39, 0.29) is 0 Å². The maximum atomic E-state index is 8.62. The summed E-state index contributed by atoms with van der Waals surface area (Å²) in [6.07, 6.45) is 0. The number of hydrogen-bond donors (Lipinski definition) is 0. The lowest BCUT2D eigenvalue weighted by atomic mass is 10.1. The molecule has 11 heavy (non-hydrogen) atoms. The molecule has 0 unspecified atom stereocenters. The Labute approximate surface area is 66.0 Å². The molecule has 2 heteroatoms. The minimum absolute atomic E-state index is 0.526. The number of hydrogen-bond acceptors (Lipinski definition) is 2. The lowest BCUT2D eigenvalue weighted by Crippen LogP contribution is -1.85. The largest absolute Gasteiger partial charge is 0.489 e. The molecule has 0 aliphatic carbocycles. The van der Waals surface area contributed by atoms with Crippen molar-refractivity contribution in [1.29, 1.82) is 5.26 Å². The van der Waals surface area contributed by atoms with Crippen LogP contribution in [0, 0.1) is 25.4 Å². The summed E-state index contributed by atoms with van der Waals surface area (Å²) in [5, 5.41) is 8.62. The highest BCUT2D eigenvalue weighted by Gasteiger charge is 1.99. The molecule has 0 aliphatic heterocycles. The molecule has 1 aromatic rings. The number of nitrogens with zero attached hydrogens (tertiary/aromatic N) is 1. The Morgan fingerprint density at radius 2 is 2.27 bits per heavy atom. The molecule has 0 N–H and O–H groups in total. The van der Waals surface area contributed by atoms with E-state index in [0.29, 0.717) is 11.3 Å². The minimum atomic E-state index is 0.526. The van der Waals surface area contributed by atoms with Gasteiger partial charge in [0.2, 0.25) is 0 Å². The molecule has 0 aromatic heterocycles. The van der Waals surface area contributed by atoms with Gasteiger partial charge in [0, 0.05) is 0 Å². The van der Waals surface area contributed by atoms with E-state index in [1.807, 2.05) is 19.1 Å².